The van der Waals surface area contributed by atoms with Crippen LogP contribution >= 0.6 is 22.7 Å². The normalized spacial score (nSPS) is 15.4. The molecule has 1 aliphatic rings. The monoisotopic (exact) mass is 485 g/mol. The number of thiazole rings is 1. The number of hydrogen-bond donors (Lipinski definition) is 1. The average molecular weight is 486 g/mol. The fourth-order valence-electron chi connectivity index (χ4n) is 4.09. The first-order chi connectivity index (χ1) is 15.5. The summed E-state index contributed by atoms with van der Waals surface area (Å²) in [5, 5.41) is 4.90. The number of pyridine rings is 1. The molecule has 0 unspecified atom stereocenters. The van der Waals surface area contributed by atoms with E-state index in [1.54, 1.807) is 22.9 Å². The maximum absolute atomic E-state index is 12.8. The van der Waals surface area contributed by atoms with Crippen LogP contribution in [0.15, 0.2) is 56.2 Å². The van der Waals surface area contributed by atoms with Gasteiger partial charge < -0.3 is 4.98 Å². The number of benzene rings is 1. The van der Waals surface area contributed by atoms with Crippen LogP contribution in [0.3, 0.4) is 0 Å². The molecule has 1 fully saturated rings. The molecule has 1 aliphatic heterocycles. The summed E-state index contributed by atoms with van der Waals surface area (Å²) in [5.41, 5.74) is 2.75. The molecule has 0 spiro atoms. The highest BCUT2D eigenvalue weighted by atomic mass is 32.2. The molecule has 9 heteroatoms. The highest BCUT2D eigenvalue weighted by Crippen LogP contribution is 2.26. The predicted molar refractivity (Wildman–Crippen MR) is 130 cm³/mol. The molecular formula is C23H23N3O3S3. The molecule has 0 amide bonds. The van der Waals surface area contributed by atoms with Gasteiger partial charge in [0, 0.05) is 17.4 Å². The van der Waals surface area contributed by atoms with Gasteiger partial charge in [-0.2, -0.15) is 0 Å². The second-order valence-electron chi connectivity index (χ2n) is 8.09. The van der Waals surface area contributed by atoms with Gasteiger partial charge in [-0.05, 0) is 60.5 Å². The molecule has 0 bridgehead atoms. The molecule has 0 atom stereocenters. The minimum atomic E-state index is -3.42. The third-order valence-electron chi connectivity index (χ3n) is 5.71. The number of hydrogen-bond acceptors (Lipinski definition) is 7. The zero-order valence-corrected chi connectivity index (χ0v) is 19.9. The largest absolute Gasteiger partial charge is 0.321 e. The van der Waals surface area contributed by atoms with Crippen molar-refractivity contribution in [3.8, 4) is 11.3 Å². The van der Waals surface area contributed by atoms with E-state index >= 15 is 0 Å². The zero-order chi connectivity index (χ0) is 22.1. The Hall–Kier alpha value is -2.33. The third kappa shape index (κ3) is 4.56. The first-order valence-corrected chi connectivity index (χ1v) is 14.0. The summed E-state index contributed by atoms with van der Waals surface area (Å²) >= 11 is 2.46. The lowest BCUT2D eigenvalue weighted by Crippen LogP contribution is -2.29. The quantitative estimate of drug-likeness (QED) is 0.429. The molecule has 4 aromatic rings. The molecule has 32 heavy (non-hydrogen) atoms. The number of nitrogens with zero attached hydrogens (tertiary/aromatic N) is 2. The van der Waals surface area contributed by atoms with E-state index in [2.05, 4.69) is 27.0 Å². The molecule has 0 saturated carbocycles. The Morgan fingerprint density at radius 2 is 1.91 bits per heavy atom. The SMILES string of the molecule is O=c1[nH]c2cc(CN3CCCCC3)ccc2cc1-c1csc(CS(=O)(=O)c2cccs2)n1. The Labute approximate surface area is 194 Å². The van der Waals surface area contributed by atoms with Gasteiger partial charge in [-0.3, -0.25) is 9.69 Å². The number of H-pyrrole nitrogens is 1. The Morgan fingerprint density at radius 1 is 1.06 bits per heavy atom. The molecule has 1 aromatic carbocycles. The minimum Gasteiger partial charge on any atom is -0.321 e. The van der Waals surface area contributed by atoms with Crippen molar-refractivity contribution >= 4 is 43.4 Å². The van der Waals surface area contributed by atoms with Gasteiger partial charge in [0.1, 0.15) is 15.0 Å². The number of rotatable bonds is 6. The van der Waals surface area contributed by atoms with Gasteiger partial charge in [0.2, 0.25) is 0 Å². The highest BCUT2D eigenvalue weighted by molar-refractivity contribution is 7.92. The van der Waals surface area contributed by atoms with Crippen molar-refractivity contribution in [3.63, 3.8) is 0 Å². The Morgan fingerprint density at radius 3 is 2.69 bits per heavy atom. The lowest BCUT2D eigenvalue weighted by molar-refractivity contribution is 0.221. The van der Waals surface area contributed by atoms with Gasteiger partial charge in [-0.1, -0.05) is 24.6 Å². The van der Waals surface area contributed by atoms with Crippen molar-refractivity contribution in [2.75, 3.05) is 13.1 Å². The summed E-state index contributed by atoms with van der Waals surface area (Å²) in [7, 11) is -3.42. The fraction of sp³-hybridized carbons (Fsp3) is 0.304. The minimum absolute atomic E-state index is 0.163. The Kier molecular flexibility index (Phi) is 5.98. The second-order valence-corrected chi connectivity index (χ2v) is 12.2. The van der Waals surface area contributed by atoms with Crippen LogP contribution in [0.25, 0.3) is 22.2 Å². The van der Waals surface area contributed by atoms with Crippen molar-refractivity contribution in [2.45, 2.75) is 35.8 Å². The Balaban J connectivity index is 1.39. The summed E-state index contributed by atoms with van der Waals surface area (Å²) in [6.07, 6.45) is 3.80. The summed E-state index contributed by atoms with van der Waals surface area (Å²) in [5.74, 6) is -0.163. The molecule has 4 heterocycles. The summed E-state index contributed by atoms with van der Waals surface area (Å²) in [6, 6.07) is 11.3. The van der Waals surface area contributed by atoms with Gasteiger partial charge in [-0.25, -0.2) is 13.4 Å². The van der Waals surface area contributed by atoms with Gasteiger partial charge in [0.15, 0.2) is 9.84 Å². The van der Waals surface area contributed by atoms with E-state index < -0.39 is 9.84 Å². The summed E-state index contributed by atoms with van der Waals surface area (Å²) < 4.78 is 25.4. The van der Waals surface area contributed by atoms with Crippen LogP contribution in [0.4, 0.5) is 0 Å². The van der Waals surface area contributed by atoms with Gasteiger partial charge in [0.25, 0.3) is 5.56 Å². The number of aromatic nitrogens is 2. The topological polar surface area (TPSA) is 83.1 Å². The van der Waals surface area contributed by atoms with Crippen molar-refractivity contribution < 1.29 is 8.42 Å². The summed E-state index contributed by atoms with van der Waals surface area (Å²) in [6.45, 7) is 3.15. The number of nitrogens with one attached hydrogen (secondary N) is 1. The molecule has 6 nitrogen and oxygen atoms in total. The zero-order valence-electron chi connectivity index (χ0n) is 17.4. The van der Waals surface area contributed by atoms with E-state index in [-0.39, 0.29) is 11.3 Å². The number of thiophene rings is 1. The van der Waals surface area contributed by atoms with Crippen LogP contribution in [0.1, 0.15) is 29.8 Å². The number of aromatic amines is 1. The standard InChI is InChI=1S/C23H23N3O3S3/c27-23-18(20-14-31-21(24-20)15-32(28,29)22-5-4-10-30-22)12-17-7-6-16(11-19(17)25-23)13-26-8-2-1-3-9-26/h4-7,10-12,14H,1-3,8-9,13,15H2,(H,25,27). The number of fused-ring (bicyclic) bond motifs is 1. The smallest absolute Gasteiger partial charge is 0.257 e. The summed E-state index contributed by atoms with van der Waals surface area (Å²) in [4.78, 5) is 22.7. The van der Waals surface area contributed by atoms with E-state index in [0.717, 1.165) is 30.5 Å². The fourth-order valence-corrected chi connectivity index (χ4v) is 7.60. The number of likely N-dealkylation sites (tertiary alicyclic amines) is 1. The third-order valence-corrected chi connectivity index (χ3v) is 9.85. The van der Waals surface area contributed by atoms with Crippen molar-refractivity contribution in [1.29, 1.82) is 0 Å². The molecule has 0 aliphatic carbocycles. The first-order valence-electron chi connectivity index (χ1n) is 10.6. The molecule has 5 rings (SSSR count). The van der Waals surface area contributed by atoms with Crippen LogP contribution < -0.4 is 5.56 Å². The van der Waals surface area contributed by atoms with E-state index in [1.807, 2.05) is 12.1 Å². The van der Waals surface area contributed by atoms with Gasteiger partial charge in [0.05, 0.1) is 11.3 Å². The molecule has 0 radical (unpaired) electrons. The lowest BCUT2D eigenvalue weighted by atomic mass is 10.1. The van der Waals surface area contributed by atoms with Crippen molar-refractivity contribution in [1.82, 2.24) is 14.9 Å². The van der Waals surface area contributed by atoms with Crippen LogP contribution in [0, 0.1) is 0 Å². The molecule has 3 aromatic heterocycles. The van der Waals surface area contributed by atoms with Gasteiger partial charge in [-0.15, -0.1) is 22.7 Å². The maximum Gasteiger partial charge on any atom is 0.257 e. The van der Waals surface area contributed by atoms with Crippen LogP contribution in [-0.4, -0.2) is 36.4 Å². The van der Waals surface area contributed by atoms with Crippen LogP contribution in [0.2, 0.25) is 0 Å². The maximum atomic E-state index is 12.8. The van der Waals surface area contributed by atoms with E-state index in [1.165, 1.54) is 47.5 Å². The molecule has 1 saturated heterocycles. The van der Waals surface area contributed by atoms with Crippen LogP contribution in [-0.2, 0) is 22.1 Å². The van der Waals surface area contributed by atoms with Gasteiger partial charge >= 0.3 is 0 Å². The highest BCUT2D eigenvalue weighted by Gasteiger charge is 2.20. The van der Waals surface area contributed by atoms with Crippen molar-refractivity contribution in [2.24, 2.45) is 0 Å². The lowest BCUT2D eigenvalue weighted by Gasteiger charge is -2.26. The number of piperidine rings is 1. The van der Waals surface area contributed by atoms with Crippen LogP contribution in [0.5, 0.6) is 0 Å². The predicted octanol–water partition coefficient (Wildman–Crippen LogP) is 4.67. The van der Waals surface area contributed by atoms with E-state index in [9.17, 15) is 13.2 Å². The molecule has 166 valence electrons. The second kappa shape index (κ2) is 8.90. The average Bonchev–Trinajstić information content (AvgIpc) is 3.47. The molecular weight excluding hydrogens is 462 g/mol. The molecule has 1 N–H and O–H groups in total. The van der Waals surface area contributed by atoms with E-state index in [0.29, 0.717) is 20.5 Å². The van der Waals surface area contributed by atoms with Crippen molar-refractivity contribution in [3.05, 3.63) is 68.1 Å². The van der Waals surface area contributed by atoms with E-state index in [4.69, 9.17) is 0 Å². The Bertz CT molecular complexity index is 1400. The first kappa shape index (κ1) is 21.5. The number of sulfone groups is 1.